The quantitative estimate of drug-likeness (QED) is 0.664. The van der Waals surface area contributed by atoms with Crippen LogP contribution >= 0.6 is 0 Å². The van der Waals surface area contributed by atoms with Gasteiger partial charge in [-0.15, -0.1) is 0 Å². The van der Waals surface area contributed by atoms with Crippen LogP contribution in [0.5, 0.6) is 0 Å². The predicted molar refractivity (Wildman–Crippen MR) is 101 cm³/mol. The maximum Gasteiger partial charge on any atom is 0.211 e. The van der Waals surface area contributed by atoms with Crippen LogP contribution in [-0.2, 0) is 16.6 Å². The molecular weight excluding hydrogens is 350 g/mol. The zero-order chi connectivity index (χ0) is 18.7. The maximum absolute atomic E-state index is 11.5. The number of rotatable bonds is 6. The molecule has 7 nitrogen and oxygen atoms in total. The minimum atomic E-state index is -3.20. The summed E-state index contributed by atoms with van der Waals surface area (Å²) < 4.78 is 26.3. The summed E-state index contributed by atoms with van der Waals surface area (Å²) in [4.78, 5) is 13.3. The van der Waals surface area contributed by atoms with Crippen LogP contribution < -0.4 is 0 Å². The van der Waals surface area contributed by atoms with E-state index in [1.54, 1.807) is 25.6 Å². The van der Waals surface area contributed by atoms with Gasteiger partial charge in [0.15, 0.2) is 5.82 Å². The molecule has 8 heteroatoms. The van der Waals surface area contributed by atoms with Crippen LogP contribution in [0.3, 0.4) is 0 Å². The minimum absolute atomic E-state index is 0.365. The molecule has 136 valence electrons. The summed E-state index contributed by atoms with van der Waals surface area (Å²) in [6.07, 6.45) is 8.19. The molecule has 3 aromatic rings. The zero-order valence-corrected chi connectivity index (χ0v) is 15.8. The second-order valence-corrected chi connectivity index (χ2v) is 8.23. The Labute approximate surface area is 153 Å². The minimum Gasteiger partial charge on any atom is -0.330 e. The molecule has 0 aliphatic heterocycles. The van der Waals surface area contributed by atoms with Crippen molar-refractivity contribution in [2.75, 3.05) is 19.8 Å². The number of benzene rings is 1. The van der Waals surface area contributed by atoms with Crippen LogP contribution in [0.25, 0.3) is 22.8 Å². The fourth-order valence-corrected chi connectivity index (χ4v) is 2.98. The maximum atomic E-state index is 11.5. The van der Waals surface area contributed by atoms with Crippen molar-refractivity contribution < 1.29 is 8.42 Å². The van der Waals surface area contributed by atoms with Crippen molar-refractivity contribution in [3.63, 3.8) is 0 Å². The molecule has 0 fully saturated rings. The van der Waals surface area contributed by atoms with Crippen molar-refractivity contribution in [1.29, 1.82) is 0 Å². The Bertz CT molecular complexity index is 996. The summed E-state index contributed by atoms with van der Waals surface area (Å²) in [5.74, 6) is 1.38. The van der Waals surface area contributed by atoms with Crippen molar-refractivity contribution in [1.82, 2.24) is 23.8 Å². The van der Waals surface area contributed by atoms with Crippen molar-refractivity contribution in [3.05, 3.63) is 54.6 Å². The predicted octanol–water partition coefficient (Wildman–Crippen LogP) is 2.21. The number of imidazole rings is 1. The zero-order valence-electron chi connectivity index (χ0n) is 15.0. The highest BCUT2D eigenvalue weighted by atomic mass is 32.2. The van der Waals surface area contributed by atoms with Gasteiger partial charge in [-0.1, -0.05) is 24.3 Å². The molecule has 0 N–H and O–H groups in total. The molecule has 26 heavy (non-hydrogen) atoms. The number of hydrogen-bond donors (Lipinski definition) is 0. The molecule has 0 amide bonds. The molecule has 0 saturated heterocycles. The molecule has 0 aliphatic carbocycles. The number of aromatic nitrogens is 4. The van der Waals surface area contributed by atoms with Gasteiger partial charge in [0.2, 0.25) is 10.0 Å². The van der Waals surface area contributed by atoms with Crippen LogP contribution in [0.2, 0.25) is 0 Å². The molecule has 1 aromatic carbocycles. The van der Waals surface area contributed by atoms with Crippen molar-refractivity contribution in [2.45, 2.75) is 13.5 Å². The molecule has 2 heterocycles. The Hall–Kier alpha value is -2.58. The molecule has 0 bridgehead atoms. The first-order valence-corrected chi connectivity index (χ1v) is 10.0. The third kappa shape index (κ3) is 3.97. The van der Waals surface area contributed by atoms with E-state index in [2.05, 4.69) is 15.0 Å². The molecule has 0 spiro atoms. The fraction of sp³-hybridized carbons (Fsp3) is 0.278. The lowest BCUT2D eigenvalue weighted by molar-refractivity contribution is 0.451. The summed E-state index contributed by atoms with van der Waals surface area (Å²) in [5.41, 5.74) is 2.90. The summed E-state index contributed by atoms with van der Waals surface area (Å²) in [6.45, 7) is 2.89. The Morgan fingerprint density at radius 2 is 1.81 bits per heavy atom. The lowest BCUT2D eigenvalue weighted by Gasteiger charge is -2.15. The molecule has 0 radical (unpaired) electrons. The Morgan fingerprint density at radius 3 is 2.46 bits per heavy atom. The smallest absolute Gasteiger partial charge is 0.211 e. The fourth-order valence-electron chi connectivity index (χ4n) is 2.57. The molecule has 3 rings (SSSR count). The Morgan fingerprint density at radius 1 is 1.12 bits per heavy atom. The van der Waals surface area contributed by atoms with E-state index in [9.17, 15) is 8.42 Å². The lowest BCUT2D eigenvalue weighted by atomic mass is 10.1. The molecule has 0 unspecified atom stereocenters. The van der Waals surface area contributed by atoms with Gasteiger partial charge in [-0.05, 0) is 12.5 Å². The highest BCUT2D eigenvalue weighted by Gasteiger charge is 2.13. The molecule has 0 saturated carbocycles. The topological polar surface area (TPSA) is 81.0 Å². The first-order valence-electron chi connectivity index (χ1n) is 8.17. The standard InChI is InChI=1S/C18H21N5O2S/c1-14-6-4-5-7-16(14)17-20-12-15(13-21-17)18-19-8-9-23(18)11-10-22(2)26(3,24)25/h4-9,12-13H,10-11H2,1-3H3. The third-order valence-corrected chi connectivity index (χ3v) is 5.55. The van der Waals surface area contributed by atoms with Gasteiger partial charge in [0.1, 0.15) is 5.82 Å². The number of aryl methyl sites for hydroxylation is 1. The molecule has 2 aromatic heterocycles. The summed E-state index contributed by atoms with van der Waals surface area (Å²) in [6, 6.07) is 7.96. The SMILES string of the molecule is Cc1ccccc1-c1ncc(-c2nccn2CCN(C)S(C)(=O)=O)cn1. The van der Waals surface area contributed by atoms with Crippen LogP contribution in [-0.4, -0.2) is 52.1 Å². The van der Waals surface area contributed by atoms with E-state index in [-0.39, 0.29) is 0 Å². The summed E-state index contributed by atoms with van der Waals surface area (Å²) in [7, 11) is -1.64. The third-order valence-electron chi connectivity index (χ3n) is 4.23. The van der Waals surface area contributed by atoms with E-state index < -0.39 is 10.0 Å². The molecule has 0 atom stereocenters. The van der Waals surface area contributed by atoms with E-state index in [0.29, 0.717) is 24.7 Å². The van der Waals surface area contributed by atoms with Crippen LogP contribution in [0.1, 0.15) is 5.56 Å². The van der Waals surface area contributed by atoms with Crippen molar-refractivity contribution in [3.8, 4) is 22.8 Å². The van der Waals surface area contributed by atoms with E-state index >= 15 is 0 Å². The van der Waals surface area contributed by atoms with E-state index in [0.717, 1.165) is 16.7 Å². The summed E-state index contributed by atoms with van der Waals surface area (Å²) in [5, 5.41) is 0. The molecular formula is C18H21N5O2S. The number of nitrogens with zero attached hydrogens (tertiary/aromatic N) is 5. The van der Waals surface area contributed by atoms with E-state index in [1.165, 1.54) is 10.6 Å². The average molecular weight is 371 g/mol. The first-order chi connectivity index (χ1) is 12.4. The lowest BCUT2D eigenvalue weighted by Crippen LogP contribution is -2.29. The van der Waals surface area contributed by atoms with Gasteiger partial charge in [-0.3, -0.25) is 0 Å². The van der Waals surface area contributed by atoms with Gasteiger partial charge in [0, 0.05) is 50.5 Å². The van der Waals surface area contributed by atoms with Crippen molar-refractivity contribution in [2.24, 2.45) is 0 Å². The average Bonchev–Trinajstić information content (AvgIpc) is 3.08. The van der Waals surface area contributed by atoms with Gasteiger partial charge in [0.25, 0.3) is 0 Å². The Kier molecular flexibility index (Phi) is 5.15. The van der Waals surface area contributed by atoms with Crippen LogP contribution in [0, 0.1) is 6.92 Å². The van der Waals surface area contributed by atoms with E-state index in [4.69, 9.17) is 0 Å². The second-order valence-electron chi connectivity index (χ2n) is 6.14. The van der Waals surface area contributed by atoms with Gasteiger partial charge in [-0.25, -0.2) is 27.7 Å². The van der Waals surface area contributed by atoms with Gasteiger partial charge in [-0.2, -0.15) is 0 Å². The number of likely N-dealkylation sites (N-methyl/N-ethyl adjacent to an activating group) is 1. The highest BCUT2D eigenvalue weighted by molar-refractivity contribution is 7.88. The number of sulfonamides is 1. The summed E-state index contributed by atoms with van der Waals surface area (Å²) >= 11 is 0. The molecule has 0 aliphatic rings. The highest BCUT2D eigenvalue weighted by Crippen LogP contribution is 2.21. The van der Waals surface area contributed by atoms with Gasteiger partial charge >= 0.3 is 0 Å². The van der Waals surface area contributed by atoms with Gasteiger partial charge < -0.3 is 4.57 Å². The largest absolute Gasteiger partial charge is 0.330 e. The van der Waals surface area contributed by atoms with Crippen molar-refractivity contribution >= 4 is 10.0 Å². The van der Waals surface area contributed by atoms with Crippen LogP contribution in [0.15, 0.2) is 49.1 Å². The Balaban J connectivity index is 1.81. The second kappa shape index (κ2) is 7.35. The monoisotopic (exact) mass is 371 g/mol. The van der Waals surface area contributed by atoms with Crippen LogP contribution in [0.4, 0.5) is 0 Å². The first kappa shape index (κ1) is 18.2. The van der Waals surface area contributed by atoms with Gasteiger partial charge in [0.05, 0.1) is 11.8 Å². The normalized spacial score (nSPS) is 11.8. The number of hydrogen-bond acceptors (Lipinski definition) is 5. The van der Waals surface area contributed by atoms with E-state index in [1.807, 2.05) is 42.0 Å².